The molecule has 0 saturated heterocycles. The van der Waals surface area contributed by atoms with Crippen LogP contribution in [0.4, 0.5) is 5.69 Å². The van der Waals surface area contributed by atoms with Crippen LogP contribution < -0.4 is 15.4 Å². The number of benzene rings is 2. The van der Waals surface area contributed by atoms with Gasteiger partial charge in [-0.3, -0.25) is 9.59 Å². The van der Waals surface area contributed by atoms with Crippen LogP contribution in [0.25, 0.3) is 0 Å². The Morgan fingerprint density at radius 1 is 1.13 bits per heavy atom. The Morgan fingerprint density at radius 2 is 1.90 bits per heavy atom. The number of amides is 2. The lowest BCUT2D eigenvalue weighted by molar-refractivity contribution is 0.0938. The smallest absolute Gasteiger partial charge is 0.286 e. The molecule has 9 heteroatoms. The van der Waals surface area contributed by atoms with Crippen LogP contribution >= 0.6 is 22.9 Å². The zero-order chi connectivity index (χ0) is 21.5. The number of aromatic nitrogens is 2. The van der Waals surface area contributed by atoms with Gasteiger partial charge in [0.2, 0.25) is 5.01 Å². The van der Waals surface area contributed by atoms with E-state index in [4.69, 9.17) is 16.3 Å². The molecule has 2 N–H and O–H groups in total. The van der Waals surface area contributed by atoms with Gasteiger partial charge in [-0.15, -0.1) is 10.2 Å². The van der Waals surface area contributed by atoms with Crippen LogP contribution in [0.15, 0.2) is 48.5 Å². The maximum Gasteiger partial charge on any atom is 0.286 e. The average Bonchev–Trinajstić information content (AvgIpc) is 3.22. The van der Waals surface area contributed by atoms with Crippen molar-refractivity contribution in [2.75, 3.05) is 5.32 Å². The van der Waals surface area contributed by atoms with Gasteiger partial charge in [-0.2, -0.15) is 0 Å². The van der Waals surface area contributed by atoms with Gasteiger partial charge < -0.3 is 15.4 Å². The number of carbonyl (C=O) groups is 2. The Labute approximate surface area is 183 Å². The minimum absolute atomic E-state index is 0.0747. The summed E-state index contributed by atoms with van der Waals surface area (Å²) in [5, 5.41) is 15.0. The lowest BCUT2D eigenvalue weighted by Crippen LogP contribution is -2.31. The number of nitrogens with zero attached hydrogens (tertiary/aromatic N) is 2. The van der Waals surface area contributed by atoms with Gasteiger partial charge in [0.1, 0.15) is 12.4 Å². The Hall–Kier alpha value is -2.97. The predicted molar refractivity (Wildman–Crippen MR) is 117 cm³/mol. The summed E-state index contributed by atoms with van der Waals surface area (Å²) in [7, 11) is 0. The second-order valence-electron chi connectivity index (χ2n) is 6.56. The van der Waals surface area contributed by atoms with E-state index < -0.39 is 5.91 Å². The predicted octanol–water partition coefficient (Wildman–Crippen LogP) is 4.55. The first-order valence-electron chi connectivity index (χ1n) is 9.37. The van der Waals surface area contributed by atoms with E-state index in [0.29, 0.717) is 27.0 Å². The van der Waals surface area contributed by atoms with E-state index in [1.165, 1.54) is 0 Å². The normalized spacial score (nSPS) is 11.6. The molecular weight excluding hydrogens is 424 g/mol. The van der Waals surface area contributed by atoms with Crippen molar-refractivity contribution in [2.24, 2.45) is 0 Å². The molecule has 3 rings (SSSR count). The molecule has 0 spiro atoms. The highest BCUT2D eigenvalue weighted by Gasteiger charge is 2.15. The van der Waals surface area contributed by atoms with E-state index >= 15 is 0 Å². The number of ether oxygens (including phenoxy) is 1. The van der Waals surface area contributed by atoms with E-state index in [1.54, 1.807) is 48.5 Å². The second-order valence-corrected chi connectivity index (χ2v) is 8.06. The Kier molecular flexibility index (Phi) is 7.37. The number of rotatable bonds is 8. The summed E-state index contributed by atoms with van der Waals surface area (Å²) >= 11 is 6.99. The topological polar surface area (TPSA) is 93.2 Å². The number of nitrogens with one attached hydrogen (secondary N) is 2. The lowest BCUT2D eigenvalue weighted by Gasteiger charge is -2.12. The Balaban J connectivity index is 1.59. The molecule has 2 amide bonds. The second kappa shape index (κ2) is 10.2. The number of hydrogen-bond acceptors (Lipinski definition) is 6. The van der Waals surface area contributed by atoms with Crippen molar-refractivity contribution in [3.63, 3.8) is 0 Å². The molecular formula is C21H21ClN4O3S. The average molecular weight is 445 g/mol. The molecule has 0 saturated carbocycles. The van der Waals surface area contributed by atoms with Crippen LogP contribution in [-0.2, 0) is 6.61 Å². The first kappa shape index (κ1) is 21.7. The highest BCUT2D eigenvalue weighted by Crippen LogP contribution is 2.19. The molecule has 1 aromatic heterocycles. The standard InChI is InChI=1S/C21H21ClN4O3S/c1-3-13(2)23-19(27)14-5-4-6-16(11-14)24-20(28)21-26-25-18(30-21)12-29-17-9-7-15(22)8-10-17/h4-11,13H,3,12H2,1-2H3,(H,23,27)(H,24,28). The third-order valence-corrected chi connectivity index (χ3v) is 5.36. The van der Waals surface area contributed by atoms with E-state index in [2.05, 4.69) is 20.8 Å². The van der Waals surface area contributed by atoms with E-state index in [-0.39, 0.29) is 23.6 Å². The Bertz CT molecular complexity index is 1020. The minimum atomic E-state index is -0.398. The van der Waals surface area contributed by atoms with Crippen molar-refractivity contribution in [3.8, 4) is 5.75 Å². The zero-order valence-electron chi connectivity index (χ0n) is 16.5. The third kappa shape index (κ3) is 6.01. The van der Waals surface area contributed by atoms with Crippen molar-refractivity contribution in [1.82, 2.24) is 15.5 Å². The van der Waals surface area contributed by atoms with Gasteiger partial charge in [0.15, 0.2) is 5.01 Å². The summed E-state index contributed by atoms with van der Waals surface area (Å²) < 4.78 is 5.61. The summed E-state index contributed by atoms with van der Waals surface area (Å²) in [4.78, 5) is 24.8. The van der Waals surface area contributed by atoms with Crippen LogP contribution in [0.1, 0.15) is 45.4 Å². The molecule has 0 radical (unpaired) electrons. The maximum atomic E-state index is 12.5. The SMILES string of the molecule is CCC(C)NC(=O)c1cccc(NC(=O)c2nnc(COc3ccc(Cl)cc3)s2)c1. The summed E-state index contributed by atoms with van der Waals surface area (Å²) in [6.45, 7) is 4.13. The molecule has 0 fully saturated rings. The van der Waals surface area contributed by atoms with Crippen molar-refractivity contribution >= 4 is 40.4 Å². The fraction of sp³-hybridized carbons (Fsp3) is 0.238. The Morgan fingerprint density at radius 3 is 2.63 bits per heavy atom. The van der Waals surface area contributed by atoms with Crippen LogP contribution in [0.5, 0.6) is 5.75 Å². The quantitative estimate of drug-likeness (QED) is 0.531. The fourth-order valence-corrected chi connectivity index (χ4v) is 3.19. The number of anilines is 1. The minimum Gasteiger partial charge on any atom is -0.486 e. The molecule has 0 aliphatic carbocycles. The van der Waals surface area contributed by atoms with E-state index in [9.17, 15) is 9.59 Å². The van der Waals surface area contributed by atoms with Crippen LogP contribution in [0.2, 0.25) is 5.02 Å². The molecule has 156 valence electrons. The number of halogens is 1. The first-order valence-corrected chi connectivity index (χ1v) is 10.6. The maximum absolute atomic E-state index is 12.5. The molecule has 3 aromatic rings. The highest BCUT2D eigenvalue weighted by atomic mass is 35.5. The molecule has 0 aliphatic rings. The van der Waals surface area contributed by atoms with E-state index in [1.807, 2.05) is 13.8 Å². The number of carbonyl (C=O) groups excluding carboxylic acids is 2. The van der Waals surface area contributed by atoms with Crippen LogP contribution in [0.3, 0.4) is 0 Å². The lowest BCUT2D eigenvalue weighted by atomic mass is 10.1. The molecule has 1 unspecified atom stereocenters. The van der Waals surface area contributed by atoms with Crippen molar-refractivity contribution in [3.05, 3.63) is 69.1 Å². The van der Waals surface area contributed by atoms with Crippen molar-refractivity contribution in [1.29, 1.82) is 0 Å². The van der Waals surface area contributed by atoms with Gasteiger partial charge in [-0.05, 0) is 55.8 Å². The third-order valence-electron chi connectivity index (χ3n) is 4.21. The van der Waals surface area contributed by atoms with Crippen LogP contribution in [0, 0.1) is 0 Å². The van der Waals surface area contributed by atoms with Gasteiger partial charge >= 0.3 is 0 Å². The highest BCUT2D eigenvalue weighted by molar-refractivity contribution is 7.13. The molecule has 30 heavy (non-hydrogen) atoms. The first-order chi connectivity index (χ1) is 14.4. The van der Waals surface area contributed by atoms with Gasteiger partial charge in [0.25, 0.3) is 11.8 Å². The summed E-state index contributed by atoms with van der Waals surface area (Å²) in [6, 6.07) is 13.8. The molecule has 1 heterocycles. The molecule has 7 nitrogen and oxygen atoms in total. The summed E-state index contributed by atoms with van der Waals surface area (Å²) in [5.41, 5.74) is 0.980. The summed E-state index contributed by atoms with van der Waals surface area (Å²) in [6.07, 6.45) is 0.837. The van der Waals surface area contributed by atoms with Gasteiger partial charge in [-0.1, -0.05) is 35.9 Å². The summed E-state index contributed by atoms with van der Waals surface area (Å²) in [5.74, 6) is 0.0656. The monoisotopic (exact) mass is 444 g/mol. The molecule has 0 aliphatic heterocycles. The van der Waals surface area contributed by atoms with E-state index in [0.717, 1.165) is 17.8 Å². The fourth-order valence-electron chi connectivity index (χ4n) is 2.41. The van der Waals surface area contributed by atoms with Crippen molar-refractivity contribution in [2.45, 2.75) is 32.9 Å². The largest absolute Gasteiger partial charge is 0.486 e. The molecule has 0 bridgehead atoms. The van der Waals surface area contributed by atoms with Gasteiger partial charge in [-0.25, -0.2) is 0 Å². The molecule has 2 aromatic carbocycles. The van der Waals surface area contributed by atoms with Gasteiger partial charge in [0, 0.05) is 22.3 Å². The molecule has 1 atom stereocenters. The van der Waals surface area contributed by atoms with Crippen molar-refractivity contribution < 1.29 is 14.3 Å². The zero-order valence-corrected chi connectivity index (χ0v) is 18.1. The number of hydrogen-bond donors (Lipinski definition) is 2. The van der Waals surface area contributed by atoms with Gasteiger partial charge in [0.05, 0.1) is 0 Å². The van der Waals surface area contributed by atoms with Crippen LogP contribution in [-0.4, -0.2) is 28.1 Å².